The molecule has 39 heavy (non-hydrogen) atoms. The van der Waals surface area contributed by atoms with Gasteiger partial charge in [-0.1, -0.05) is 24.3 Å². The molecule has 2 heterocycles. The van der Waals surface area contributed by atoms with E-state index in [4.69, 9.17) is 18.9 Å². The fourth-order valence-corrected chi connectivity index (χ4v) is 5.06. The number of amides is 1. The lowest BCUT2D eigenvalue weighted by Crippen LogP contribution is -2.24. The zero-order chi connectivity index (χ0) is 27.2. The Bertz CT molecular complexity index is 1440. The van der Waals surface area contributed by atoms with Gasteiger partial charge in [-0.15, -0.1) is 11.3 Å². The van der Waals surface area contributed by atoms with Crippen LogP contribution in [0, 0.1) is 5.82 Å². The molecule has 0 saturated heterocycles. The zero-order valence-electron chi connectivity index (χ0n) is 21.6. The van der Waals surface area contributed by atoms with Gasteiger partial charge in [0.15, 0.2) is 11.5 Å². The van der Waals surface area contributed by atoms with Crippen molar-refractivity contribution in [2.45, 2.75) is 26.2 Å². The van der Waals surface area contributed by atoms with Crippen LogP contribution in [0.1, 0.15) is 32.2 Å². The molecule has 8 nitrogen and oxygen atoms in total. The van der Waals surface area contributed by atoms with Gasteiger partial charge in [0.2, 0.25) is 6.79 Å². The second-order valence-corrected chi connectivity index (χ2v) is 9.89. The van der Waals surface area contributed by atoms with E-state index in [0.29, 0.717) is 37.6 Å². The van der Waals surface area contributed by atoms with Crippen molar-refractivity contribution in [3.05, 3.63) is 99.3 Å². The Kier molecular flexibility index (Phi) is 8.24. The second kappa shape index (κ2) is 12.1. The first-order valence-electron chi connectivity index (χ1n) is 12.3. The lowest BCUT2D eigenvalue weighted by Gasteiger charge is -2.23. The molecule has 202 valence electrons. The molecule has 0 unspecified atom stereocenters. The molecule has 1 aliphatic rings. The van der Waals surface area contributed by atoms with E-state index < -0.39 is 0 Å². The van der Waals surface area contributed by atoms with Crippen molar-refractivity contribution in [1.29, 1.82) is 0 Å². The zero-order valence-corrected chi connectivity index (χ0v) is 22.4. The van der Waals surface area contributed by atoms with Crippen LogP contribution in [0.4, 0.5) is 4.39 Å². The summed E-state index contributed by atoms with van der Waals surface area (Å²) in [6.07, 6.45) is 0. The van der Waals surface area contributed by atoms with Crippen LogP contribution in [-0.2, 0) is 26.2 Å². The summed E-state index contributed by atoms with van der Waals surface area (Å²) in [7, 11) is 3.26. The Hall–Kier alpha value is -4.15. The van der Waals surface area contributed by atoms with Gasteiger partial charge in [0, 0.05) is 36.6 Å². The smallest absolute Gasteiger partial charge is 0.271 e. The highest BCUT2D eigenvalue weighted by Crippen LogP contribution is 2.33. The number of nitrogens with zero attached hydrogens (tertiary/aromatic N) is 2. The van der Waals surface area contributed by atoms with Crippen LogP contribution in [-0.4, -0.2) is 36.8 Å². The topological polar surface area (TPSA) is 82.2 Å². The van der Waals surface area contributed by atoms with Gasteiger partial charge in [-0.2, -0.15) is 0 Å². The fourth-order valence-electron chi connectivity index (χ4n) is 4.24. The van der Waals surface area contributed by atoms with Crippen LogP contribution in [0.2, 0.25) is 0 Å². The molecule has 5 rings (SSSR count). The van der Waals surface area contributed by atoms with Crippen LogP contribution in [0.5, 0.6) is 23.0 Å². The molecule has 3 aromatic carbocycles. The molecule has 0 spiro atoms. The van der Waals surface area contributed by atoms with Crippen molar-refractivity contribution in [3.63, 3.8) is 0 Å². The minimum absolute atomic E-state index is 0.219. The summed E-state index contributed by atoms with van der Waals surface area (Å²) in [6, 6.07) is 17.7. The molecule has 0 aliphatic carbocycles. The van der Waals surface area contributed by atoms with Crippen molar-refractivity contribution in [2.75, 3.05) is 21.0 Å². The number of rotatable bonds is 11. The highest BCUT2D eigenvalue weighted by molar-refractivity contribution is 7.09. The maximum absolute atomic E-state index is 13.1. The summed E-state index contributed by atoms with van der Waals surface area (Å²) in [4.78, 5) is 19.5. The first kappa shape index (κ1) is 26.5. The highest BCUT2D eigenvalue weighted by atomic mass is 32.1. The molecule has 0 saturated carbocycles. The first-order chi connectivity index (χ1) is 19.0. The Balaban J connectivity index is 1.31. The number of halogens is 1. The van der Waals surface area contributed by atoms with Crippen molar-refractivity contribution >= 4 is 17.2 Å². The monoisotopic (exact) mass is 549 g/mol. The van der Waals surface area contributed by atoms with E-state index in [1.165, 1.54) is 23.5 Å². The lowest BCUT2D eigenvalue weighted by molar-refractivity contribution is 0.0946. The molecule has 0 bridgehead atoms. The van der Waals surface area contributed by atoms with Crippen LogP contribution in [0.15, 0.2) is 66.0 Å². The number of carbonyl (C=O) groups excluding carboxylic acids is 1. The first-order valence-corrected chi connectivity index (χ1v) is 13.2. The predicted octanol–water partition coefficient (Wildman–Crippen LogP) is 5.16. The third-order valence-corrected chi connectivity index (χ3v) is 7.07. The van der Waals surface area contributed by atoms with Gasteiger partial charge >= 0.3 is 0 Å². The van der Waals surface area contributed by atoms with E-state index in [1.54, 1.807) is 31.7 Å². The molecule has 0 fully saturated rings. The van der Waals surface area contributed by atoms with E-state index in [2.05, 4.69) is 15.2 Å². The number of carbonyl (C=O) groups is 1. The van der Waals surface area contributed by atoms with Gasteiger partial charge < -0.3 is 24.3 Å². The van der Waals surface area contributed by atoms with E-state index in [9.17, 15) is 9.18 Å². The maximum atomic E-state index is 13.1. The van der Waals surface area contributed by atoms with E-state index in [-0.39, 0.29) is 18.5 Å². The van der Waals surface area contributed by atoms with E-state index in [0.717, 1.165) is 38.9 Å². The number of fused-ring (bicyclic) bond motifs is 1. The minimum Gasteiger partial charge on any atom is -0.497 e. The molecule has 10 heteroatoms. The van der Waals surface area contributed by atoms with Gasteiger partial charge in [0.25, 0.3) is 5.91 Å². The summed E-state index contributed by atoms with van der Waals surface area (Å²) in [5.41, 5.74) is 3.21. The Morgan fingerprint density at radius 3 is 2.56 bits per heavy atom. The second-order valence-electron chi connectivity index (χ2n) is 8.95. The average Bonchev–Trinajstić information content (AvgIpc) is 3.62. The lowest BCUT2D eigenvalue weighted by atomic mass is 10.1. The molecule has 0 atom stereocenters. The predicted molar refractivity (Wildman–Crippen MR) is 145 cm³/mol. The summed E-state index contributed by atoms with van der Waals surface area (Å²) in [5.74, 6) is 2.31. The Morgan fingerprint density at radius 2 is 1.77 bits per heavy atom. The molecular formula is C29H28FN3O5S. The highest BCUT2D eigenvalue weighted by Gasteiger charge is 2.19. The van der Waals surface area contributed by atoms with Crippen molar-refractivity contribution in [2.24, 2.45) is 0 Å². The van der Waals surface area contributed by atoms with Gasteiger partial charge in [-0.3, -0.25) is 9.69 Å². The van der Waals surface area contributed by atoms with Crippen LogP contribution >= 0.6 is 11.3 Å². The summed E-state index contributed by atoms with van der Waals surface area (Å²) >= 11 is 1.43. The van der Waals surface area contributed by atoms with Gasteiger partial charge in [0.1, 0.15) is 28.0 Å². The van der Waals surface area contributed by atoms with Crippen molar-refractivity contribution < 1.29 is 28.1 Å². The van der Waals surface area contributed by atoms with Crippen molar-refractivity contribution in [1.82, 2.24) is 15.2 Å². The summed E-state index contributed by atoms with van der Waals surface area (Å²) in [5, 5.41) is 5.40. The van der Waals surface area contributed by atoms with Crippen molar-refractivity contribution in [3.8, 4) is 23.0 Å². The Labute approximate surface area is 229 Å². The third-order valence-electron chi connectivity index (χ3n) is 6.24. The number of benzene rings is 3. The summed E-state index contributed by atoms with van der Waals surface area (Å²) in [6.45, 7) is 2.21. The molecule has 1 N–H and O–H groups in total. The number of methoxy groups -OCH3 is 2. The summed E-state index contributed by atoms with van der Waals surface area (Å²) < 4.78 is 35.1. The molecule has 4 aromatic rings. The largest absolute Gasteiger partial charge is 0.497 e. The number of hydrogen-bond donors (Lipinski definition) is 1. The fraction of sp³-hybridized carbons (Fsp3) is 0.241. The van der Waals surface area contributed by atoms with E-state index >= 15 is 0 Å². The van der Waals surface area contributed by atoms with Gasteiger partial charge in [-0.25, -0.2) is 9.37 Å². The molecule has 0 radical (unpaired) electrons. The minimum atomic E-state index is -0.313. The molecule has 1 aliphatic heterocycles. The molecular weight excluding hydrogens is 521 g/mol. The SMILES string of the molecule is COc1ccc(CN(Cc2ccc3c(c2)OCO3)Cc2nc(C(=O)NCc3ccc(F)cc3)cs2)c(OC)c1. The molecule has 1 amide bonds. The molecule has 1 aromatic heterocycles. The number of nitrogens with one attached hydrogen (secondary N) is 1. The average molecular weight is 550 g/mol. The Morgan fingerprint density at radius 1 is 0.974 bits per heavy atom. The van der Waals surface area contributed by atoms with Crippen LogP contribution in [0.3, 0.4) is 0 Å². The number of ether oxygens (including phenoxy) is 4. The maximum Gasteiger partial charge on any atom is 0.271 e. The van der Waals surface area contributed by atoms with Gasteiger partial charge in [0.05, 0.1) is 20.8 Å². The van der Waals surface area contributed by atoms with Crippen LogP contribution < -0.4 is 24.3 Å². The van der Waals surface area contributed by atoms with E-state index in [1.807, 2.05) is 36.4 Å². The normalized spacial score (nSPS) is 12.0. The number of hydrogen-bond acceptors (Lipinski definition) is 8. The number of thiazole rings is 1. The van der Waals surface area contributed by atoms with Crippen LogP contribution in [0.25, 0.3) is 0 Å². The van der Waals surface area contributed by atoms with Gasteiger partial charge in [-0.05, 0) is 41.5 Å². The third kappa shape index (κ3) is 6.65. The quantitative estimate of drug-likeness (QED) is 0.277. The number of aromatic nitrogens is 1. The standard InChI is InChI=1S/C29H28FN3O5S/c1-35-23-9-6-21(26(12-23)36-2)15-33(14-20-5-10-25-27(11-20)38-18-37-25)16-28-32-24(17-39-28)29(34)31-13-19-3-7-22(30)8-4-19/h3-12,17H,13-16,18H2,1-2H3,(H,31,34).